The van der Waals surface area contributed by atoms with Gasteiger partial charge in [-0.25, -0.2) is 17.9 Å². The third-order valence-corrected chi connectivity index (χ3v) is 5.63. The lowest BCUT2D eigenvalue weighted by atomic mass is 10.1. The van der Waals surface area contributed by atoms with Gasteiger partial charge in [-0.15, -0.1) is 0 Å². The highest BCUT2D eigenvalue weighted by atomic mass is 35.5. The number of hydrogen-bond acceptors (Lipinski definition) is 5. The zero-order valence-electron chi connectivity index (χ0n) is 15.2. The maximum atomic E-state index is 12.5. The molecule has 2 rings (SSSR count). The van der Waals surface area contributed by atoms with Crippen molar-refractivity contribution in [3.8, 4) is 5.75 Å². The fourth-order valence-electron chi connectivity index (χ4n) is 2.51. The molecule has 0 fully saturated rings. The second kappa shape index (κ2) is 9.73. The summed E-state index contributed by atoms with van der Waals surface area (Å²) in [5, 5.41) is 0.133. The molecule has 146 valence electrons. The van der Waals surface area contributed by atoms with Gasteiger partial charge in [-0.05, 0) is 49.6 Å². The number of sulfonamides is 1. The van der Waals surface area contributed by atoms with Crippen LogP contribution < -0.4 is 9.46 Å². The van der Waals surface area contributed by atoms with Gasteiger partial charge in [0.05, 0.1) is 29.2 Å². The number of methoxy groups -OCH3 is 1. The average molecular weight is 412 g/mol. The zero-order valence-corrected chi connectivity index (χ0v) is 16.8. The summed E-state index contributed by atoms with van der Waals surface area (Å²) in [6.07, 6.45) is 1.27. The minimum atomic E-state index is -3.76. The second-order valence-electron chi connectivity index (χ2n) is 5.68. The van der Waals surface area contributed by atoms with E-state index in [1.807, 2.05) is 31.2 Å². The van der Waals surface area contributed by atoms with Crippen molar-refractivity contribution in [1.82, 2.24) is 4.72 Å². The van der Waals surface area contributed by atoms with E-state index < -0.39 is 16.0 Å². The fraction of sp³-hybridized carbons (Fsp3) is 0.316. The standard InChI is InChI=1S/C19H22ClNO5S/c1-3-26-18-9-5-4-7-14(18)8-6-12-21-27(23,24)15-10-11-17(20)16(13-15)19(22)25-2/h4-5,7,9-11,13,21H,3,6,8,12H2,1-2H3. The van der Waals surface area contributed by atoms with Crippen molar-refractivity contribution >= 4 is 27.6 Å². The lowest BCUT2D eigenvalue weighted by Gasteiger charge is -2.11. The third kappa shape index (κ3) is 5.69. The van der Waals surface area contributed by atoms with E-state index in [2.05, 4.69) is 9.46 Å². The van der Waals surface area contributed by atoms with Gasteiger partial charge >= 0.3 is 5.97 Å². The van der Waals surface area contributed by atoms with Crippen molar-refractivity contribution in [2.45, 2.75) is 24.7 Å². The van der Waals surface area contributed by atoms with Crippen molar-refractivity contribution in [1.29, 1.82) is 0 Å². The van der Waals surface area contributed by atoms with Crippen molar-refractivity contribution < 1.29 is 22.7 Å². The molecule has 6 nitrogen and oxygen atoms in total. The number of hydrogen-bond donors (Lipinski definition) is 1. The predicted molar refractivity (Wildman–Crippen MR) is 104 cm³/mol. The molecule has 0 amide bonds. The monoisotopic (exact) mass is 411 g/mol. The number of nitrogens with one attached hydrogen (secondary N) is 1. The van der Waals surface area contributed by atoms with Crippen molar-refractivity contribution in [3.63, 3.8) is 0 Å². The molecule has 0 aliphatic carbocycles. The number of ether oxygens (including phenoxy) is 2. The van der Waals surface area contributed by atoms with Crippen LogP contribution in [-0.4, -0.2) is 34.6 Å². The van der Waals surface area contributed by atoms with E-state index in [0.29, 0.717) is 19.4 Å². The summed E-state index contributed by atoms with van der Waals surface area (Å²) < 4.78 is 37.6. The first kappa shape index (κ1) is 21.2. The van der Waals surface area contributed by atoms with E-state index in [0.717, 1.165) is 11.3 Å². The smallest absolute Gasteiger partial charge is 0.339 e. The minimum absolute atomic E-state index is 0.00711. The Morgan fingerprint density at radius 1 is 1.19 bits per heavy atom. The Balaban J connectivity index is 2.01. The number of rotatable bonds is 9. The van der Waals surface area contributed by atoms with Crippen molar-refractivity contribution in [3.05, 3.63) is 58.6 Å². The number of aryl methyl sites for hydroxylation is 1. The van der Waals surface area contributed by atoms with E-state index in [1.165, 1.54) is 25.3 Å². The summed E-state index contributed by atoms with van der Waals surface area (Å²) in [5.41, 5.74) is 1.03. The number of esters is 1. The van der Waals surface area contributed by atoms with Crippen molar-refractivity contribution in [2.24, 2.45) is 0 Å². The molecule has 0 saturated heterocycles. The van der Waals surface area contributed by atoms with Gasteiger partial charge < -0.3 is 9.47 Å². The Bertz CT molecular complexity index is 899. The molecule has 1 N–H and O–H groups in total. The average Bonchev–Trinajstić information content (AvgIpc) is 2.66. The highest BCUT2D eigenvalue weighted by Gasteiger charge is 2.18. The molecule has 0 aliphatic heterocycles. The molecule has 0 bridgehead atoms. The molecule has 0 spiro atoms. The number of para-hydroxylation sites is 1. The summed E-state index contributed by atoms with van der Waals surface area (Å²) >= 11 is 5.93. The molecule has 8 heteroatoms. The van der Waals surface area contributed by atoms with Crippen LogP contribution in [0, 0.1) is 0 Å². The van der Waals surface area contributed by atoms with Gasteiger partial charge in [-0.1, -0.05) is 29.8 Å². The highest BCUT2D eigenvalue weighted by Crippen LogP contribution is 2.22. The molecule has 0 aliphatic rings. The van der Waals surface area contributed by atoms with Gasteiger partial charge in [0.1, 0.15) is 5.75 Å². The van der Waals surface area contributed by atoms with E-state index in [-0.39, 0.29) is 22.0 Å². The van der Waals surface area contributed by atoms with Crippen LogP contribution in [0.2, 0.25) is 5.02 Å². The lowest BCUT2D eigenvalue weighted by molar-refractivity contribution is 0.0600. The summed E-state index contributed by atoms with van der Waals surface area (Å²) in [6.45, 7) is 2.74. The molecule has 0 unspecified atom stereocenters. The molecule has 0 radical (unpaired) electrons. The van der Waals surface area contributed by atoms with E-state index in [9.17, 15) is 13.2 Å². The lowest BCUT2D eigenvalue weighted by Crippen LogP contribution is -2.25. The topological polar surface area (TPSA) is 81.7 Å². The summed E-state index contributed by atoms with van der Waals surface area (Å²) in [6, 6.07) is 11.6. The van der Waals surface area contributed by atoms with Crippen LogP contribution in [0.5, 0.6) is 5.75 Å². The Hall–Kier alpha value is -2.09. The summed E-state index contributed by atoms with van der Waals surface area (Å²) in [4.78, 5) is 11.6. The number of carbonyl (C=O) groups excluding carboxylic acids is 1. The molecule has 0 aromatic heterocycles. The SMILES string of the molecule is CCOc1ccccc1CCCNS(=O)(=O)c1ccc(Cl)c(C(=O)OC)c1. The van der Waals surface area contributed by atoms with Gasteiger partial charge in [0, 0.05) is 6.54 Å². The van der Waals surface area contributed by atoms with Gasteiger partial charge in [-0.3, -0.25) is 0 Å². The van der Waals surface area contributed by atoms with E-state index in [1.54, 1.807) is 0 Å². The molecule has 0 atom stereocenters. The molecular formula is C19H22ClNO5S. The second-order valence-corrected chi connectivity index (χ2v) is 7.85. The first-order valence-corrected chi connectivity index (χ1v) is 10.3. The first-order chi connectivity index (χ1) is 12.9. The van der Waals surface area contributed by atoms with Crippen LogP contribution in [0.3, 0.4) is 0 Å². The number of benzene rings is 2. The minimum Gasteiger partial charge on any atom is -0.494 e. The largest absolute Gasteiger partial charge is 0.494 e. The van der Waals surface area contributed by atoms with E-state index >= 15 is 0 Å². The molecule has 0 saturated carbocycles. The number of halogens is 1. The maximum absolute atomic E-state index is 12.5. The van der Waals surface area contributed by atoms with Crippen LogP contribution in [0.25, 0.3) is 0 Å². The Morgan fingerprint density at radius 2 is 1.93 bits per heavy atom. The number of carbonyl (C=O) groups is 1. The zero-order chi connectivity index (χ0) is 19.9. The third-order valence-electron chi connectivity index (χ3n) is 3.84. The molecule has 0 heterocycles. The Labute approximate surface area is 164 Å². The first-order valence-electron chi connectivity index (χ1n) is 8.47. The summed E-state index contributed by atoms with van der Waals surface area (Å²) in [5.74, 6) is 0.118. The Morgan fingerprint density at radius 3 is 2.63 bits per heavy atom. The molecule has 2 aromatic rings. The van der Waals surface area contributed by atoms with Gasteiger partial charge in [0.15, 0.2) is 0 Å². The molecular weight excluding hydrogens is 390 g/mol. The molecule has 2 aromatic carbocycles. The van der Waals surface area contributed by atoms with Gasteiger partial charge in [-0.2, -0.15) is 0 Å². The highest BCUT2D eigenvalue weighted by molar-refractivity contribution is 7.89. The quantitative estimate of drug-likeness (QED) is 0.505. The van der Waals surface area contributed by atoms with Crippen LogP contribution in [0.1, 0.15) is 29.3 Å². The van der Waals surface area contributed by atoms with Crippen LogP contribution in [0.15, 0.2) is 47.4 Å². The van der Waals surface area contributed by atoms with Gasteiger partial charge in [0.25, 0.3) is 0 Å². The fourth-order valence-corrected chi connectivity index (χ4v) is 3.81. The van der Waals surface area contributed by atoms with Crippen LogP contribution in [0.4, 0.5) is 0 Å². The van der Waals surface area contributed by atoms with Gasteiger partial charge in [0.2, 0.25) is 10.0 Å². The van der Waals surface area contributed by atoms with E-state index in [4.69, 9.17) is 16.3 Å². The van der Waals surface area contributed by atoms with Crippen molar-refractivity contribution in [2.75, 3.05) is 20.3 Å². The molecule has 27 heavy (non-hydrogen) atoms. The van der Waals surface area contributed by atoms with Crippen LogP contribution in [-0.2, 0) is 21.2 Å². The maximum Gasteiger partial charge on any atom is 0.339 e. The Kier molecular flexibility index (Phi) is 7.65. The normalized spacial score (nSPS) is 11.2. The summed E-state index contributed by atoms with van der Waals surface area (Å²) in [7, 11) is -2.56. The van der Waals surface area contributed by atoms with Crippen LogP contribution >= 0.6 is 11.6 Å². The predicted octanol–water partition coefficient (Wildman–Crippen LogP) is 3.44.